The lowest BCUT2D eigenvalue weighted by molar-refractivity contribution is -0.139. The number of nitrogens with zero attached hydrogens (tertiary/aromatic N) is 2. The number of benzene rings is 2. The second-order valence-corrected chi connectivity index (χ2v) is 7.06. The van der Waals surface area contributed by atoms with Gasteiger partial charge in [0.05, 0.1) is 17.9 Å². The lowest BCUT2D eigenvalue weighted by atomic mass is 9.98. The molecule has 1 aliphatic heterocycles. The fourth-order valence-corrected chi connectivity index (χ4v) is 3.43. The summed E-state index contributed by atoms with van der Waals surface area (Å²) in [7, 11) is 0. The highest BCUT2D eigenvalue weighted by Gasteiger charge is 2.31. The summed E-state index contributed by atoms with van der Waals surface area (Å²) >= 11 is 3.46. The Balaban J connectivity index is 1.79. The maximum absolute atomic E-state index is 12.5. The molecule has 6 heteroatoms. The van der Waals surface area contributed by atoms with Gasteiger partial charge in [0.15, 0.2) is 0 Å². The second kappa shape index (κ2) is 7.40. The van der Waals surface area contributed by atoms with E-state index in [2.05, 4.69) is 21.2 Å². The molecule has 1 atom stereocenters. The number of ether oxygens (including phenoxy) is 1. The normalized spacial score (nSPS) is 15.5. The van der Waals surface area contributed by atoms with E-state index in [0.29, 0.717) is 12.2 Å². The third-order valence-electron chi connectivity index (χ3n) is 4.42. The van der Waals surface area contributed by atoms with Crippen LogP contribution in [0.3, 0.4) is 0 Å². The number of carbonyl (C=O) groups is 1. The van der Waals surface area contributed by atoms with Gasteiger partial charge in [0.1, 0.15) is 11.9 Å². The van der Waals surface area contributed by atoms with Crippen molar-refractivity contribution in [3.05, 3.63) is 82.5 Å². The zero-order valence-electron chi connectivity index (χ0n) is 14.7. The van der Waals surface area contributed by atoms with Crippen LogP contribution in [-0.2, 0) is 9.53 Å². The van der Waals surface area contributed by atoms with E-state index in [1.165, 1.54) is 0 Å². The van der Waals surface area contributed by atoms with Gasteiger partial charge in [-0.25, -0.2) is 9.48 Å². The molecule has 5 nitrogen and oxygen atoms in total. The molecule has 0 unspecified atom stereocenters. The number of carbonyl (C=O) groups excluding carboxylic acids is 1. The summed E-state index contributed by atoms with van der Waals surface area (Å²) in [5.41, 5.74) is 3.35. The van der Waals surface area contributed by atoms with Crippen molar-refractivity contribution in [3.63, 3.8) is 0 Å². The van der Waals surface area contributed by atoms with Gasteiger partial charge in [0.25, 0.3) is 0 Å². The van der Waals surface area contributed by atoms with Gasteiger partial charge in [-0.3, -0.25) is 0 Å². The number of aromatic nitrogens is 2. The molecular weight excluding hydrogens is 406 g/mol. The largest absolute Gasteiger partial charge is 0.463 e. The van der Waals surface area contributed by atoms with Crippen LogP contribution in [-0.4, -0.2) is 22.4 Å². The Morgan fingerprint density at radius 3 is 2.63 bits per heavy atom. The van der Waals surface area contributed by atoms with Crippen LogP contribution in [0.2, 0.25) is 0 Å². The van der Waals surface area contributed by atoms with Crippen molar-refractivity contribution in [2.24, 2.45) is 0 Å². The van der Waals surface area contributed by atoms with Gasteiger partial charge in [0, 0.05) is 22.3 Å². The highest BCUT2D eigenvalue weighted by atomic mass is 79.9. The fourth-order valence-electron chi connectivity index (χ4n) is 3.16. The average Bonchev–Trinajstić information content (AvgIpc) is 3.13. The molecule has 3 aromatic rings. The van der Waals surface area contributed by atoms with Crippen molar-refractivity contribution in [1.29, 1.82) is 0 Å². The van der Waals surface area contributed by atoms with Crippen LogP contribution >= 0.6 is 15.9 Å². The maximum atomic E-state index is 12.5. The molecule has 2 heterocycles. The van der Waals surface area contributed by atoms with Crippen LogP contribution in [0.5, 0.6) is 0 Å². The smallest absolute Gasteiger partial charge is 0.338 e. The first-order chi connectivity index (χ1) is 13.2. The summed E-state index contributed by atoms with van der Waals surface area (Å²) in [5, 5.41) is 7.97. The monoisotopic (exact) mass is 423 g/mol. The minimum Gasteiger partial charge on any atom is -0.463 e. The predicted molar refractivity (Wildman–Crippen MR) is 108 cm³/mol. The summed E-state index contributed by atoms with van der Waals surface area (Å²) in [6.45, 7) is 2.13. The molecule has 0 spiro atoms. The molecule has 1 aromatic heterocycles. The van der Waals surface area contributed by atoms with Gasteiger partial charge in [-0.2, -0.15) is 5.10 Å². The van der Waals surface area contributed by atoms with Crippen LogP contribution in [0.4, 0.5) is 5.82 Å². The van der Waals surface area contributed by atoms with E-state index in [1.54, 1.807) is 13.1 Å². The maximum Gasteiger partial charge on any atom is 0.338 e. The predicted octanol–water partition coefficient (Wildman–Crippen LogP) is 4.77. The number of nitrogens with one attached hydrogen (secondary N) is 1. The molecule has 27 heavy (non-hydrogen) atoms. The Kier molecular flexibility index (Phi) is 4.81. The van der Waals surface area contributed by atoms with Crippen molar-refractivity contribution in [1.82, 2.24) is 9.78 Å². The van der Waals surface area contributed by atoms with E-state index >= 15 is 0 Å². The zero-order valence-corrected chi connectivity index (χ0v) is 16.3. The number of hydrogen-bond acceptors (Lipinski definition) is 4. The SMILES string of the molecule is CCOC(=O)C1=CNc2cc(-c3ccc(Br)cc3)nn2[C@@H]1c1ccccc1. The molecule has 4 rings (SSSR count). The number of fused-ring (bicyclic) bond motifs is 1. The first kappa shape index (κ1) is 17.5. The molecule has 0 amide bonds. The number of anilines is 1. The molecule has 2 aromatic carbocycles. The zero-order chi connectivity index (χ0) is 18.8. The van der Waals surface area contributed by atoms with Crippen LogP contribution in [0.1, 0.15) is 18.5 Å². The Labute approximate surface area is 165 Å². The van der Waals surface area contributed by atoms with Gasteiger partial charge >= 0.3 is 5.97 Å². The lowest BCUT2D eigenvalue weighted by Gasteiger charge is -2.26. The molecule has 0 bridgehead atoms. The number of hydrogen-bond donors (Lipinski definition) is 1. The van der Waals surface area contributed by atoms with Gasteiger partial charge < -0.3 is 10.1 Å². The Morgan fingerprint density at radius 1 is 1.19 bits per heavy atom. The van der Waals surface area contributed by atoms with Crippen LogP contribution < -0.4 is 5.32 Å². The van der Waals surface area contributed by atoms with E-state index in [1.807, 2.05) is 65.3 Å². The molecule has 0 saturated carbocycles. The van der Waals surface area contributed by atoms with Crippen LogP contribution in [0.25, 0.3) is 11.3 Å². The molecule has 0 fully saturated rings. The molecule has 0 radical (unpaired) electrons. The summed E-state index contributed by atoms with van der Waals surface area (Å²) in [6, 6.07) is 19.5. The molecule has 0 aliphatic carbocycles. The first-order valence-electron chi connectivity index (χ1n) is 8.71. The fraction of sp³-hybridized carbons (Fsp3) is 0.143. The quantitative estimate of drug-likeness (QED) is 0.613. The topological polar surface area (TPSA) is 56.1 Å². The second-order valence-electron chi connectivity index (χ2n) is 6.14. The van der Waals surface area contributed by atoms with Crippen molar-refractivity contribution < 1.29 is 9.53 Å². The summed E-state index contributed by atoms with van der Waals surface area (Å²) in [6.07, 6.45) is 1.72. The van der Waals surface area contributed by atoms with Crippen molar-refractivity contribution >= 4 is 27.7 Å². The minimum absolute atomic E-state index is 0.327. The summed E-state index contributed by atoms with van der Waals surface area (Å²) in [4.78, 5) is 12.5. The minimum atomic E-state index is -0.342. The lowest BCUT2D eigenvalue weighted by Crippen LogP contribution is -2.26. The van der Waals surface area contributed by atoms with E-state index in [0.717, 1.165) is 27.1 Å². The number of halogens is 1. The van der Waals surface area contributed by atoms with Gasteiger partial charge in [-0.15, -0.1) is 0 Å². The first-order valence-corrected chi connectivity index (χ1v) is 9.51. The van der Waals surface area contributed by atoms with Crippen LogP contribution in [0, 0.1) is 0 Å². The van der Waals surface area contributed by atoms with Gasteiger partial charge in [-0.05, 0) is 24.6 Å². The van der Waals surface area contributed by atoms with E-state index in [-0.39, 0.29) is 12.0 Å². The standard InChI is InChI=1S/C21H18BrN3O2/c1-2-27-21(26)17-13-23-19-12-18(14-8-10-16(22)11-9-14)24-25(19)20(17)15-6-4-3-5-7-15/h3-13,20,23H,2H2,1H3/t20-/m1/s1. The Hall–Kier alpha value is -2.86. The van der Waals surface area contributed by atoms with Gasteiger partial charge in [-0.1, -0.05) is 58.4 Å². The van der Waals surface area contributed by atoms with E-state index < -0.39 is 0 Å². The molecule has 0 saturated heterocycles. The molecule has 1 aliphatic rings. The molecule has 136 valence electrons. The average molecular weight is 424 g/mol. The van der Waals surface area contributed by atoms with Crippen molar-refractivity contribution in [2.75, 3.05) is 11.9 Å². The number of esters is 1. The Bertz CT molecular complexity index is 994. The molecule has 1 N–H and O–H groups in total. The van der Waals surface area contributed by atoms with E-state index in [9.17, 15) is 4.79 Å². The number of rotatable bonds is 4. The summed E-state index contributed by atoms with van der Waals surface area (Å²) in [5.74, 6) is 0.486. The van der Waals surface area contributed by atoms with Crippen molar-refractivity contribution in [2.45, 2.75) is 13.0 Å². The third kappa shape index (κ3) is 3.40. The summed E-state index contributed by atoms with van der Waals surface area (Å²) < 4.78 is 8.12. The molecular formula is C21H18BrN3O2. The van der Waals surface area contributed by atoms with E-state index in [4.69, 9.17) is 9.84 Å². The third-order valence-corrected chi connectivity index (χ3v) is 4.95. The van der Waals surface area contributed by atoms with Crippen LogP contribution in [0.15, 0.2) is 76.9 Å². The Morgan fingerprint density at radius 2 is 1.93 bits per heavy atom. The van der Waals surface area contributed by atoms with Crippen molar-refractivity contribution in [3.8, 4) is 11.3 Å². The highest BCUT2D eigenvalue weighted by molar-refractivity contribution is 9.10. The van der Waals surface area contributed by atoms with Gasteiger partial charge in [0.2, 0.25) is 0 Å². The highest BCUT2D eigenvalue weighted by Crippen LogP contribution is 2.35.